The Labute approximate surface area is 137 Å². The Morgan fingerprint density at radius 2 is 1.91 bits per heavy atom. The average Bonchev–Trinajstić information content (AvgIpc) is 2.57. The van der Waals surface area contributed by atoms with Crippen LogP contribution in [0, 0.1) is 5.82 Å². The number of nitrogens with one attached hydrogen (secondary N) is 1. The smallest absolute Gasteiger partial charge is 0.237 e. The molecule has 1 saturated heterocycles. The number of nitrogens with zero attached hydrogens (tertiary/aromatic N) is 2. The molecule has 0 saturated carbocycles. The minimum atomic E-state index is -0.244. The molecule has 0 spiro atoms. The second-order valence-corrected chi connectivity index (χ2v) is 5.94. The number of carbonyl (C=O) groups excluding carboxylic acids is 1. The SMILES string of the molecule is CC(C(=O)NCCc1ccc(F)cc1)N1CCN(CCO)CC1. The third kappa shape index (κ3) is 5.57. The number of β-amino-alcohol motifs (C(OH)–C–C–N with tert-alkyl or cyclic N) is 1. The molecule has 1 unspecified atom stereocenters. The van der Waals surface area contributed by atoms with E-state index in [1.165, 1.54) is 12.1 Å². The first-order chi connectivity index (χ1) is 11.1. The molecule has 1 amide bonds. The van der Waals surface area contributed by atoms with E-state index in [2.05, 4.69) is 15.1 Å². The number of amides is 1. The Hall–Kier alpha value is -1.50. The van der Waals surface area contributed by atoms with Crippen LogP contribution in [0.4, 0.5) is 4.39 Å². The Balaban J connectivity index is 1.69. The molecular weight excluding hydrogens is 297 g/mol. The highest BCUT2D eigenvalue weighted by Crippen LogP contribution is 2.07. The number of aliphatic hydroxyl groups excluding tert-OH is 1. The summed E-state index contributed by atoms with van der Waals surface area (Å²) in [5.74, 6) is -0.213. The first-order valence-electron chi connectivity index (χ1n) is 8.19. The molecule has 0 radical (unpaired) electrons. The first kappa shape index (κ1) is 17.8. The van der Waals surface area contributed by atoms with E-state index in [1.807, 2.05) is 6.92 Å². The van der Waals surface area contributed by atoms with Crippen LogP contribution in [0.3, 0.4) is 0 Å². The summed E-state index contributed by atoms with van der Waals surface area (Å²) in [7, 11) is 0. The lowest BCUT2D eigenvalue weighted by atomic mass is 10.1. The van der Waals surface area contributed by atoms with E-state index in [9.17, 15) is 9.18 Å². The van der Waals surface area contributed by atoms with Gasteiger partial charge in [0.15, 0.2) is 0 Å². The highest BCUT2D eigenvalue weighted by molar-refractivity contribution is 5.81. The number of hydrogen-bond acceptors (Lipinski definition) is 4. The number of carbonyl (C=O) groups is 1. The van der Waals surface area contributed by atoms with E-state index in [0.717, 1.165) is 31.7 Å². The molecule has 1 aromatic rings. The number of hydrogen-bond donors (Lipinski definition) is 2. The van der Waals surface area contributed by atoms with Crippen molar-refractivity contribution in [2.75, 3.05) is 45.9 Å². The standard InChI is InChI=1S/C17H26FN3O2/c1-14(21-10-8-20(9-11-21)12-13-22)17(23)19-7-6-15-2-4-16(18)5-3-15/h2-5,14,22H,6-13H2,1H3,(H,19,23). The fourth-order valence-electron chi connectivity index (χ4n) is 2.81. The highest BCUT2D eigenvalue weighted by Gasteiger charge is 2.24. The Morgan fingerprint density at radius 1 is 1.26 bits per heavy atom. The predicted molar refractivity (Wildman–Crippen MR) is 87.7 cm³/mol. The quantitative estimate of drug-likeness (QED) is 0.766. The van der Waals surface area contributed by atoms with Crippen LogP contribution in [-0.2, 0) is 11.2 Å². The second-order valence-electron chi connectivity index (χ2n) is 5.94. The van der Waals surface area contributed by atoms with Crippen molar-refractivity contribution in [2.24, 2.45) is 0 Å². The summed E-state index contributed by atoms with van der Waals surface area (Å²) in [6, 6.07) is 6.20. The Morgan fingerprint density at radius 3 is 2.52 bits per heavy atom. The Bertz CT molecular complexity index is 487. The number of rotatable bonds is 7. The van der Waals surface area contributed by atoms with Crippen LogP contribution < -0.4 is 5.32 Å². The molecule has 2 N–H and O–H groups in total. The summed E-state index contributed by atoms with van der Waals surface area (Å²) in [4.78, 5) is 16.6. The maximum atomic E-state index is 12.8. The van der Waals surface area contributed by atoms with Gasteiger partial charge in [0.1, 0.15) is 5.82 Å². The van der Waals surface area contributed by atoms with E-state index >= 15 is 0 Å². The normalized spacial score (nSPS) is 17.9. The third-order valence-electron chi connectivity index (χ3n) is 4.38. The van der Waals surface area contributed by atoms with Crippen molar-refractivity contribution in [3.63, 3.8) is 0 Å². The fraction of sp³-hybridized carbons (Fsp3) is 0.588. The lowest BCUT2D eigenvalue weighted by Crippen LogP contribution is -2.54. The largest absolute Gasteiger partial charge is 0.395 e. The van der Waals surface area contributed by atoms with Crippen molar-refractivity contribution >= 4 is 5.91 Å². The van der Waals surface area contributed by atoms with Gasteiger partial charge in [0.2, 0.25) is 5.91 Å². The molecular formula is C17H26FN3O2. The molecule has 1 aliphatic rings. The van der Waals surface area contributed by atoms with Crippen LogP contribution in [0.15, 0.2) is 24.3 Å². The van der Waals surface area contributed by atoms with Crippen LogP contribution in [0.25, 0.3) is 0 Å². The molecule has 1 atom stereocenters. The van der Waals surface area contributed by atoms with Gasteiger partial charge >= 0.3 is 0 Å². The van der Waals surface area contributed by atoms with Crippen LogP contribution in [0.5, 0.6) is 0 Å². The van der Waals surface area contributed by atoms with Crippen LogP contribution in [0.1, 0.15) is 12.5 Å². The molecule has 0 aromatic heterocycles. The van der Waals surface area contributed by atoms with E-state index < -0.39 is 0 Å². The van der Waals surface area contributed by atoms with Gasteiger partial charge in [-0.2, -0.15) is 0 Å². The topological polar surface area (TPSA) is 55.8 Å². The predicted octanol–water partition coefficient (Wildman–Crippen LogP) is 0.483. The van der Waals surface area contributed by atoms with Crippen LogP contribution >= 0.6 is 0 Å². The molecule has 0 aliphatic carbocycles. The third-order valence-corrected chi connectivity index (χ3v) is 4.38. The zero-order chi connectivity index (χ0) is 16.7. The molecule has 1 aromatic carbocycles. The van der Waals surface area contributed by atoms with E-state index in [-0.39, 0.29) is 24.4 Å². The van der Waals surface area contributed by atoms with E-state index in [0.29, 0.717) is 19.5 Å². The van der Waals surface area contributed by atoms with Gasteiger partial charge in [-0.05, 0) is 31.0 Å². The fourth-order valence-corrected chi connectivity index (χ4v) is 2.81. The molecule has 0 bridgehead atoms. The van der Waals surface area contributed by atoms with Crippen molar-refractivity contribution in [1.29, 1.82) is 0 Å². The van der Waals surface area contributed by atoms with Crippen molar-refractivity contribution in [3.8, 4) is 0 Å². The maximum absolute atomic E-state index is 12.8. The van der Waals surface area contributed by atoms with Crippen molar-refractivity contribution in [1.82, 2.24) is 15.1 Å². The van der Waals surface area contributed by atoms with Gasteiger partial charge in [-0.3, -0.25) is 14.6 Å². The number of benzene rings is 1. The summed E-state index contributed by atoms with van der Waals surface area (Å²) < 4.78 is 12.8. The molecule has 6 heteroatoms. The molecule has 2 rings (SSSR count). The molecule has 1 fully saturated rings. The van der Waals surface area contributed by atoms with Gasteiger partial charge < -0.3 is 10.4 Å². The lowest BCUT2D eigenvalue weighted by molar-refractivity contribution is -0.126. The number of halogens is 1. The van der Waals surface area contributed by atoms with Gasteiger partial charge in [0.25, 0.3) is 0 Å². The summed E-state index contributed by atoms with van der Waals surface area (Å²) >= 11 is 0. The summed E-state index contributed by atoms with van der Waals surface area (Å²) in [5.41, 5.74) is 1.01. The van der Waals surface area contributed by atoms with Gasteiger partial charge in [-0.15, -0.1) is 0 Å². The maximum Gasteiger partial charge on any atom is 0.237 e. The lowest BCUT2D eigenvalue weighted by Gasteiger charge is -2.37. The molecule has 128 valence electrons. The molecule has 23 heavy (non-hydrogen) atoms. The van der Waals surface area contributed by atoms with Gasteiger partial charge in [-0.25, -0.2) is 4.39 Å². The van der Waals surface area contributed by atoms with Crippen LogP contribution in [0.2, 0.25) is 0 Å². The number of piperazine rings is 1. The summed E-state index contributed by atoms with van der Waals surface area (Å²) in [5, 5.41) is 11.9. The van der Waals surface area contributed by atoms with Crippen LogP contribution in [-0.4, -0.2) is 72.7 Å². The summed E-state index contributed by atoms with van der Waals surface area (Å²) in [6.45, 7) is 6.81. The second kappa shape index (κ2) is 8.96. The Kier molecular flexibility index (Phi) is 6.95. The van der Waals surface area contributed by atoms with E-state index in [4.69, 9.17) is 5.11 Å². The van der Waals surface area contributed by atoms with Gasteiger partial charge in [0, 0.05) is 39.3 Å². The first-order valence-corrected chi connectivity index (χ1v) is 8.19. The van der Waals surface area contributed by atoms with Gasteiger partial charge in [-0.1, -0.05) is 12.1 Å². The van der Waals surface area contributed by atoms with Gasteiger partial charge in [0.05, 0.1) is 12.6 Å². The summed E-state index contributed by atoms with van der Waals surface area (Å²) in [6.07, 6.45) is 0.697. The molecule has 1 heterocycles. The zero-order valence-corrected chi connectivity index (χ0v) is 13.7. The van der Waals surface area contributed by atoms with Crippen molar-refractivity contribution in [2.45, 2.75) is 19.4 Å². The molecule has 1 aliphatic heterocycles. The molecule has 5 nitrogen and oxygen atoms in total. The average molecular weight is 323 g/mol. The monoisotopic (exact) mass is 323 g/mol. The highest BCUT2D eigenvalue weighted by atomic mass is 19.1. The number of aliphatic hydroxyl groups is 1. The van der Waals surface area contributed by atoms with E-state index in [1.54, 1.807) is 12.1 Å². The van der Waals surface area contributed by atoms with Crippen molar-refractivity contribution in [3.05, 3.63) is 35.6 Å². The minimum Gasteiger partial charge on any atom is -0.395 e. The van der Waals surface area contributed by atoms with Crippen molar-refractivity contribution < 1.29 is 14.3 Å². The zero-order valence-electron chi connectivity index (χ0n) is 13.7. The minimum absolute atomic E-state index is 0.0303.